The van der Waals surface area contributed by atoms with E-state index in [0.29, 0.717) is 24.3 Å². The first-order valence-electron chi connectivity index (χ1n) is 12.7. The highest BCUT2D eigenvalue weighted by Crippen LogP contribution is 2.21. The summed E-state index contributed by atoms with van der Waals surface area (Å²) in [6.45, 7) is 0.634. The molecule has 0 aliphatic rings. The molecule has 8 heteroatoms. The van der Waals surface area contributed by atoms with Gasteiger partial charge in [0, 0.05) is 24.7 Å². The lowest BCUT2D eigenvalue weighted by Crippen LogP contribution is -2.43. The molecule has 202 valence electrons. The van der Waals surface area contributed by atoms with E-state index in [0.717, 1.165) is 22.4 Å². The molecule has 0 aliphatic heterocycles. The fraction of sp³-hybridized carbons (Fsp3) is 0.0938. The maximum atomic E-state index is 13.2. The summed E-state index contributed by atoms with van der Waals surface area (Å²) in [4.78, 5) is 38.6. The van der Waals surface area contributed by atoms with E-state index in [1.165, 1.54) is 6.08 Å². The second-order valence-electron chi connectivity index (χ2n) is 8.91. The zero-order chi connectivity index (χ0) is 28.2. The van der Waals surface area contributed by atoms with Crippen LogP contribution in [0.1, 0.15) is 27.0 Å². The zero-order valence-electron chi connectivity index (χ0n) is 21.7. The normalized spacial score (nSPS) is 10.6. The Hall–Kier alpha value is -5.21. The van der Waals surface area contributed by atoms with Crippen molar-refractivity contribution in [3.8, 4) is 11.5 Å². The molecule has 0 aliphatic carbocycles. The van der Waals surface area contributed by atoms with E-state index in [9.17, 15) is 14.4 Å². The van der Waals surface area contributed by atoms with Gasteiger partial charge >= 0.3 is 6.03 Å². The molecular weight excluding hydrogens is 506 g/mol. The molecule has 0 saturated heterocycles. The van der Waals surface area contributed by atoms with Crippen LogP contribution in [0.15, 0.2) is 115 Å². The van der Waals surface area contributed by atoms with Crippen molar-refractivity contribution in [3.63, 3.8) is 0 Å². The van der Waals surface area contributed by atoms with Crippen molar-refractivity contribution in [1.82, 2.24) is 15.7 Å². The quantitative estimate of drug-likeness (QED) is 0.139. The van der Waals surface area contributed by atoms with Crippen molar-refractivity contribution in [2.45, 2.75) is 13.0 Å². The molecule has 0 saturated carbocycles. The van der Waals surface area contributed by atoms with Crippen LogP contribution in [0.3, 0.4) is 0 Å². The number of nitrogens with zero attached hydrogens (tertiary/aromatic N) is 1. The Labute approximate surface area is 232 Å². The number of ether oxygens (including phenoxy) is 1. The summed E-state index contributed by atoms with van der Waals surface area (Å²) < 4.78 is 5.86. The van der Waals surface area contributed by atoms with Crippen LogP contribution in [-0.2, 0) is 17.8 Å². The van der Waals surface area contributed by atoms with Gasteiger partial charge in [0.05, 0.1) is 0 Å². The number of hydrogen-bond donors (Lipinski definition) is 3. The van der Waals surface area contributed by atoms with Crippen LogP contribution in [0, 0.1) is 0 Å². The molecule has 0 atom stereocenters. The van der Waals surface area contributed by atoms with Crippen molar-refractivity contribution in [3.05, 3.63) is 138 Å². The van der Waals surface area contributed by atoms with E-state index >= 15 is 0 Å². The molecular formula is C32H29N3O5. The maximum absolute atomic E-state index is 13.2. The van der Waals surface area contributed by atoms with Crippen molar-refractivity contribution in [1.29, 1.82) is 0 Å². The maximum Gasteiger partial charge on any atom is 0.324 e. The number of nitrogens with one attached hydrogen (secondary N) is 2. The van der Waals surface area contributed by atoms with Gasteiger partial charge in [0.25, 0.3) is 11.8 Å². The van der Waals surface area contributed by atoms with E-state index in [2.05, 4.69) is 5.32 Å². The van der Waals surface area contributed by atoms with Crippen LogP contribution in [0.25, 0.3) is 6.08 Å². The Kier molecular flexibility index (Phi) is 9.79. The van der Waals surface area contributed by atoms with E-state index in [-0.39, 0.29) is 6.54 Å². The first-order valence-corrected chi connectivity index (χ1v) is 12.7. The summed E-state index contributed by atoms with van der Waals surface area (Å²) in [5.74, 6) is 0.360. The van der Waals surface area contributed by atoms with Crippen molar-refractivity contribution >= 4 is 23.9 Å². The number of para-hydroxylation sites is 1. The number of rotatable bonds is 10. The highest BCUT2D eigenvalue weighted by atomic mass is 16.5. The summed E-state index contributed by atoms with van der Waals surface area (Å²) in [5, 5.41) is 11.1. The van der Waals surface area contributed by atoms with Crippen LogP contribution in [-0.4, -0.2) is 34.5 Å². The summed E-state index contributed by atoms with van der Waals surface area (Å²) in [7, 11) is 0. The van der Waals surface area contributed by atoms with Crippen molar-refractivity contribution < 1.29 is 24.3 Å². The number of hydroxylamine groups is 1. The smallest absolute Gasteiger partial charge is 0.324 e. The molecule has 4 aromatic carbocycles. The number of carbonyl (C=O) groups excluding carboxylic acids is 3. The molecule has 4 amide bonds. The number of hydrogen-bond acceptors (Lipinski definition) is 5. The lowest BCUT2D eigenvalue weighted by molar-refractivity contribution is -0.124. The van der Waals surface area contributed by atoms with Gasteiger partial charge in [0.2, 0.25) is 0 Å². The highest BCUT2D eigenvalue weighted by Gasteiger charge is 2.18. The van der Waals surface area contributed by atoms with Gasteiger partial charge in [-0.05, 0) is 65.6 Å². The third-order valence-electron chi connectivity index (χ3n) is 6.01. The zero-order valence-corrected chi connectivity index (χ0v) is 21.7. The first-order chi connectivity index (χ1) is 19.5. The standard InChI is InChI=1S/C32H29N3O5/c36-30(34-39)20-17-24-11-13-26(14-12-24)23-35(32(38)33-31(37)27-7-3-1-4-8-27)22-21-25-15-18-29(19-16-25)40-28-9-5-2-6-10-28/h1-20,39H,21-23H2,(H,34,36)(H,33,37,38). The van der Waals surface area contributed by atoms with Gasteiger partial charge in [-0.3, -0.25) is 20.1 Å². The van der Waals surface area contributed by atoms with Gasteiger partial charge in [-0.25, -0.2) is 10.3 Å². The van der Waals surface area contributed by atoms with Crippen LogP contribution < -0.4 is 15.5 Å². The third kappa shape index (κ3) is 8.41. The summed E-state index contributed by atoms with van der Waals surface area (Å²) in [6.07, 6.45) is 3.33. The summed E-state index contributed by atoms with van der Waals surface area (Å²) in [6, 6.07) is 32.5. The molecule has 8 nitrogen and oxygen atoms in total. The van der Waals surface area contributed by atoms with Crippen LogP contribution in [0.2, 0.25) is 0 Å². The summed E-state index contributed by atoms with van der Waals surface area (Å²) in [5.41, 5.74) is 4.54. The summed E-state index contributed by atoms with van der Waals surface area (Å²) >= 11 is 0. The van der Waals surface area contributed by atoms with Crippen LogP contribution in [0.5, 0.6) is 11.5 Å². The van der Waals surface area contributed by atoms with Gasteiger partial charge in [0.1, 0.15) is 11.5 Å². The Bertz CT molecular complexity index is 1440. The monoisotopic (exact) mass is 535 g/mol. The van der Waals surface area contributed by atoms with Gasteiger partial charge in [-0.1, -0.05) is 72.8 Å². The average Bonchev–Trinajstić information content (AvgIpc) is 3.00. The molecule has 0 heterocycles. The highest BCUT2D eigenvalue weighted by molar-refractivity contribution is 6.04. The fourth-order valence-electron chi connectivity index (χ4n) is 3.87. The number of carbonyl (C=O) groups is 3. The van der Waals surface area contributed by atoms with Gasteiger partial charge < -0.3 is 9.64 Å². The first kappa shape index (κ1) is 27.8. The predicted octanol–water partition coefficient (Wildman–Crippen LogP) is 5.59. The molecule has 0 fully saturated rings. The number of benzene rings is 4. The Balaban J connectivity index is 1.43. The average molecular weight is 536 g/mol. The van der Waals surface area contributed by atoms with Gasteiger partial charge in [-0.2, -0.15) is 0 Å². The largest absolute Gasteiger partial charge is 0.457 e. The van der Waals surface area contributed by atoms with Crippen LogP contribution in [0.4, 0.5) is 4.79 Å². The molecule has 0 radical (unpaired) electrons. The minimum Gasteiger partial charge on any atom is -0.457 e. The predicted molar refractivity (Wildman–Crippen MR) is 152 cm³/mol. The number of urea groups is 1. The van der Waals surface area contributed by atoms with Crippen molar-refractivity contribution in [2.75, 3.05) is 6.54 Å². The molecule has 0 spiro atoms. The molecule has 4 rings (SSSR count). The van der Waals surface area contributed by atoms with Crippen LogP contribution >= 0.6 is 0 Å². The fourth-order valence-corrected chi connectivity index (χ4v) is 3.87. The molecule has 40 heavy (non-hydrogen) atoms. The second kappa shape index (κ2) is 14.1. The molecule has 3 N–H and O–H groups in total. The minimum atomic E-state index is -0.630. The number of imide groups is 1. The Morgan fingerprint density at radius 3 is 2.00 bits per heavy atom. The Morgan fingerprint density at radius 1 is 0.750 bits per heavy atom. The van der Waals surface area contributed by atoms with Gasteiger partial charge in [-0.15, -0.1) is 0 Å². The topological polar surface area (TPSA) is 108 Å². The minimum absolute atomic E-state index is 0.268. The number of amides is 4. The van der Waals surface area contributed by atoms with E-state index < -0.39 is 17.8 Å². The molecule has 0 unspecified atom stereocenters. The van der Waals surface area contributed by atoms with Gasteiger partial charge in [0.15, 0.2) is 0 Å². The van der Waals surface area contributed by atoms with E-state index in [4.69, 9.17) is 9.94 Å². The van der Waals surface area contributed by atoms with Crippen molar-refractivity contribution in [2.24, 2.45) is 0 Å². The SMILES string of the molecule is O=C(C=Cc1ccc(CN(CCc2ccc(Oc3ccccc3)cc2)C(=O)NC(=O)c2ccccc2)cc1)NO. The molecule has 4 aromatic rings. The lowest BCUT2D eigenvalue weighted by Gasteiger charge is -2.23. The molecule has 0 bridgehead atoms. The van der Waals surface area contributed by atoms with E-state index in [1.807, 2.05) is 66.7 Å². The lowest BCUT2D eigenvalue weighted by atomic mass is 10.1. The molecule has 0 aromatic heterocycles. The second-order valence-corrected chi connectivity index (χ2v) is 8.91. The van der Waals surface area contributed by atoms with E-state index in [1.54, 1.807) is 58.9 Å². The Morgan fingerprint density at radius 2 is 1.35 bits per heavy atom. The third-order valence-corrected chi connectivity index (χ3v) is 6.01.